The van der Waals surface area contributed by atoms with Crippen LogP contribution in [0.15, 0.2) is 65.6 Å². The minimum Gasteiger partial charge on any atom is -0.322 e. The van der Waals surface area contributed by atoms with E-state index in [9.17, 15) is 26.4 Å². The summed E-state index contributed by atoms with van der Waals surface area (Å²) in [5.74, 6) is -0.779. The summed E-state index contributed by atoms with van der Waals surface area (Å²) in [5.41, 5.74) is -0.285. The van der Waals surface area contributed by atoms with Gasteiger partial charge >= 0.3 is 6.18 Å². The van der Waals surface area contributed by atoms with Crippen molar-refractivity contribution in [3.05, 3.63) is 87.4 Å². The fraction of sp³-hybridized carbons (Fsp3) is 0.0952. The lowest BCUT2D eigenvalue weighted by Gasteiger charge is -2.13. The smallest absolute Gasteiger partial charge is 0.322 e. The molecule has 3 rings (SSSR count). The number of hydrogen-bond donors (Lipinski definition) is 2. The van der Waals surface area contributed by atoms with Crippen LogP contribution in [0.3, 0.4) is 0 Å². The van der Waals surface area contributed by atoms with Crippen LogP contribution in [-0.4, -0.2) is 14.3 Å². The molecule has 0 bridgehead atoms. The molecule has 0 atom stereocenters. The van der Waals surface area contributed by atoms with Crippen LogP contribution in [-0.2, 0) is 16.2 Å². The van der Waals surface area contributed by atoms with Crippen LogP contribution in [0.4, 0.5) is 24.5 Å². The maximum atomic E-state index is 13.0. The summed E-state index contributed by atoms with van der Waals surface area (Å²) in [4.78, 5) is 12.5. The van der Waals surface area contributed by atoms with E-state index in [-0.39, 0.29) is 26.9 Å². The number of carbonyl (C=O) groups is 1. The van der Waals surface area contributed by atoms with Crippen LogP contribution < -0.4 is 10.0 Å². The summed E-state index contributed by atoms with van der Waals surface area (Å²) in [6, 6.07) is 12.9. The Morgan fingerprint density at radius 2 is 1.50 bits per heavy atom. The highest BCUT2D eigenvalue weighted by molar-refractivity contribution is 7.92. The van der Waals surface area contributed by atoms with E-state index in [4.69, 9.17) is 23.2 Å². The SMILES string of the molecule is Cc1ccc(S(=O)(=O)Nc2ccc(C(=O)Nc3ccc(Cl)c(C(F)(F)F)c3)c(Cl)c2)cc1. The molecule has 0 unspecified atom stereocenters. The Balaban J connectivity index is 1.79. The summed E-state index contributed by atoms with van der Waals surface area (Å²) >= 11 is 11.7. The molecule has 5 nitrogen and oxygen atoms in total. The Morgan fingerprint density at radius 3 is 2.09 bits per heavy atom. The number of aryl methyl sites for hydroxylation is 1. The zero-order valence-corrected chi connectivity index (χ0v) is 18.6. The van der Waals surface area contributed by atoms with Gasteiger partial charge in [-0.05, 0) is 55.5 Å². The maximum Gasteiger partial charge on any atom is 0.417 e. The van der Waals surface area contributed by atoms with Crippen molar-refractivity contribution in [1.82, 2.24) is 0 Å². The third-order valence-electron chi connectivity index (χ3n) is 4.33. The van der Waals surface area contributed by atoms with Crippen molar-refractivity contribution in [3.63, 3.8) is 0 Å². The van der Waals surface area contributed by atoms with E-state index < -0.39 is 32.7 Å². The molecule has 3 aromatic rings. The van der Waals surface area contributed by atoms with Gasteiger partial charge in [0.25, 0.3) is 15.9 Å². The summed E-state index contributed by atoms with van der Waals surface area (Å²) in [6.45, 7) is 1.82. The van der Waals surface area contributed by atoms with E-state index >= 15 is 0 Å². The molecule has 0 aliphatic rings. The number of sulfonamides is 1. The highest BCUT2D eigenvalue weighted by atomic mass is 35.5. The average Bonchev–Trinajstić information content (AvgIpc) is 2.68. The lowest BCUT2D eigenvalue weighted by Crippen LogP contribution is -2.15. The summed E-state index contributed by atoms with van der Waals surface area (Å²) < 4.78 is 66.3. The van der Waals surface area contributed by atoms with Gasteiger partial charge in [-0.1, -0.05) is 40.9 Å². The van der Waals surface area contributed by atoms with Gasteiger partial charge in [0.1, 0.15) is 0 Å². The van der Waals surface area contributed by atoms with E-state index in [1.54, 1.807) is 12.1 Å². The third-order valence-corrected chi connectivity index (χ3v) is 6.37. The van der Waals surface area contributed by atoms with Gasteiger partial charge in [0.2, 0.25) is 0 Å². The predicted molar refractivity (Wildman–Crippen MR) is 118 cm³/mol. The number of rotatable bonds is 5. The molecular formula is C21H15Cl2F3N2O3S. The van der Waals surface area contributed by atoms with Gasteiger partial charge in [0.05, 0.1) is 31.8 Å². The second-order valence-electron chi connectivity index (χ2n) is 6.76. The number of alkyl halides is 3. The van der Waals surface area contributed by atoms with Crippen molar-refractivity contribution in [1.29, 1.82) is 0 Å². The van der Waals surface area contributed by atoms with Crippen molar-refractivity contribution in [3.8, 4) is 0 Å². The van der Waals surface area contributed by atoms with E-state index in [1.165, 1.54) is 36.4 Å². The number of nitrogens with one attached hydrogen (secondary N) is 2. The van der Waals surface area contributed by atoms with Crippen LogP contribution in [0.1, 0.15) is 21.5 Å². The van der Waals surface area contributed by atoms with E-state index in [1.807, 2.05) is 6.92 Å². The van der Waals surface area contributed by atoms with E-state index in [0.29, 0.717) is 6.07 Å². The molecule has 0 aromatic heterocycles. The molecule has 0 heterocycles. The molecule has 0 spiro atoms. The Bertz CT molecular complexity index is 1280. The average molecular weight is 503 g/mol. The first-order valence-corrected chi connectivity index (χ1v) is 11.2. The van der Waals surface area contributed by atoms with Gasteiger partial charge < -0.3 is 5.32 Å². The normalized spacial score (nSPS) is 11.8. The van der Waals surface area contributed by atoms with Crippen LogP contribution in [0.5, 0.6) is 0 Å². The van der Waals surface area contributed by atoms with E-state index in [2.05, 4.69) is 10.0 Å². The molecule has 2 N–H and O–H groups in total. The Labute approximate surface area is 192 Å². The Kier molecular flexibility index (Phi) is 6.73. The zero-order chi connectivity index (χ0) is 23.7. The third kappa shape index (κ3) is 5.53. The second kappa shape index (κ2) is 9.01. The molecule has 0 radical (unpaired) electrons. The molecule has 32 heavy (non-hydrogen) atoms. The fourth-order valence-electron chi connectivity index (χ4n) is 2.71. The van der Waals surface area contributed by atoms with Crippen LogP contribution in [0, 0.1) is 6.92 Å². The quantitative estimate of drug-likeness (QED) is 0.425. The van der Waals surface area contributed by atoms with Gasteiger partial charge in [-0.2, -0.15) is 13.2 Å². The van der Waals surface area contributed by atoms with Gasteiger partial charge in [-0.15, -0.1) is 0 Å². The monoisotopic (exact) mass is 502 g/mol. The standard InChI is InChI=1S/C21H15Cl2F3N2O3S/c1-12-2-6-15(7-3-12)32(30,31)28-14-4-8-16(19(23)11-14)20(29)27-13-5-9-18(22)17(10-13)21(24,25)26/h2-11,28H,1H3,(H,27,29). The van der Waals surface area contributed by atoms with Gasteiger partial charge in [-0.25, -0.2) is 8.42 Å². The molecule has 11 heteroatoms. The number of hydrogen-bond acceptors (Lipinski definition) is 3. The minimum absolute atomic E-state index is 0.0456. The maximum absolute atomic E-state index is 13.0. The van der Waals surface area contributed by atoms with Crippen LogP contribution >= 0.6 is 23.2 Å². The molecule has 0 aliphatic heterocycles. The molecule has 0 saturated heterocycles. The van der Waals surface area contributed by atoms with Gasteiger partial charge in [0, 0.05) is 5.69 Å². The molecule has 3 aromatic carbocycles. The van der Waals surface area contributed by atoms with Crippen molar-refractivity contribution in [2.45, 2.75) is 18.0 Å². The minimum atomic E-state index is -4.69. The molecule has 0 fully saturated rings. The topological polar surface area (TPSA) is 75.3 Å². The lowest BCUT2D eigenvalue weighted by atomic mass is 10.1. The molecule has 168 valence electrons. The fourth-order valence-corrected chi connectivity index (χ4v) is 4.25. The number of carbonyl (C=O) groups excluding carboxylic acids is 1. The second-order valence-corrected chi connectivity index (χ2v) is 9.26. The predicted octanol–water partition coefficient (Wildman–Crippen LogP) is 6.37. The Hall–Kier alpha value is -2.75. The van der Waals surface area contributed by atoms with Gasteiger partial charge in [0.15, 0.2) is 0 Å². The molecular weight excluding hydrogens is 488 g/mol. The number of amides is 1. The highest BCUT2D eigenvalue weighted by Gasteiger charge is 2.33. The summed E-state index contributed by atoms with van der Waals surface area (Å²) in [7, 11) is -3.88. The number of benzene rings is 3. The molecule has 1 amide bonds. The van der Waals surface area contributed by atoms with Crippen molar-refractivity contribution >= 4 is 50.5 Å². The number of halogens is 5. The van der Waals surface area contributed by atoms with E-state index in [0.717, 1.165) is 11.6 Å². The van der Waals surface area contributed by atoms with Crippen LogP contribution in [0.2, 0.25) is 10.0 Å². The lowest BCUT2D eigenvalue weighted by molar-refractivity contribution is -0.137. The zero-order valence-electron chi connectivity index (χ0n) is 16.3. The number of anilines is 2. The molecule has 0 saturated carbocycles. The first kappa shape index (κ1) is 23.9. The summed E-state index contributed by atoms with van der Waals surface area (Å²) in [6.07, 6.45) is -4.69. The first-order valence-electron chi connectivity index (χ1n) is 8.94. The molecule has 0 aliphatic carbocycles. The van der Waals surface area contributed by atoms with Crippen LogP contribution in [0.25, 0.3) is 0 Å². The largest absolute Gasteiger partial charge is 0.417 e. The van der Waals surface area contributed by atoms with Gasteiger partial charge in [-0.3, -0.25) is 9.52 Å². The van der Waals surface area contributed by atoms with Crippen molar-refractivity contribution < 1.29 is 26.4 Å². The Morgan fingerprint density at radius 1 is 0.875 bits per heavy atom. The van der Waals surface area contributed by atoms with Crippen molar-refractivity contribution in [2.75, 3.05) is 10.0 Å². The summed E-state index contributed by atoms with van der Waals surface area (Å²) in [5, 5.41) is 1.72. The first-order chi connectivity index (χ1) is 14.9. The highest BCUT2D eigenvalue weighted by Crippen LogP contribution is 2.36. The van der Waals surface area contributed by atoms with Crippen molar-refractivity contribution in [2.24, 2.45) is 0 Å².